The summed E-state index contributed by atoms with van der Waals surface area (Å²) >= 11 is 0. The van der Waals surface area contributed by atoms with Crippen LogP contribution in [0.2, 0.25) is 0 Å². The molecule has 1 atom stereocenters. The van der Waals surface area contributed by atoms with Crippen molar-refractivity contribution in [1.29, 1.82) is 0 Å². The van der Waals surface area contributed by atoms with Crippen molar-refractivity contribution in [3.63, 3.8) is 0 Å². The fraction of sp³-hybridized carbons (Fsp3) is 0.375. The smallest absolute Gasteiger partial charge is 0.137 e. The summed E-state index contributed by atoms with van der Waals surface area (Å²) in [6.07, 6.45) is 9.07. The molecule has 5 nitrogen and oxygen atoms in total. The van der Waals surface area contributed by atoms with Gasteiger partial charge in [0.2, 0.25) is 0 Å². The number of aromatic nitrogens is 4. The first kappa shape index (κ1) is 13.8. The van der Waals surface area contributed by atoms with Gasteiger partial charge in [0.05, 0.1) is 5.69 Å². The molecule has 3 rings (SSSR count). The van der Waals surface area contributed by atoms with E-state index in [4.69, 9.17) is 0 Å². The van der Waals surface area contributed by atoms with Crippen LogP contribution in [0.5, 0.6) is 0 Å². The summed E-state index contributed by atoms with van der Waals surface area (Å²) in [5.74, 6) is 1.07. The molecule has 21 heavy (non-hydrogen) atoms. The Morgan fingerprint density at radius 1 is 1.29 bits per heavy atom. The van der Waals surface area contributed by atoms with Gasteiger partial charge in [0.15, 0.2) is 0 Å². The van der Waals surface area contributed by atoms with Gasteiger partial charge in [-0.2, -0.15) is 0 Å². The number of imidazole rings is 2. The van der Waals surface area contributed by atoms with Gasteiger partial charge >= 0.3 is 0 Å². The van der Waals surface area contributed by atoms with Crippen LogP contribution in [0, 0.1) is 6.92 Å². The third kappa shape index (κ3) is 3.13. The van der Waals surface area contributed by atoms with Crippen molar-refractivity contribution in [3.05, 3.63) is 54.5 Å². The van der Waals surface area contributed by atoms with Gasteiger partial charge in [0.1, 0.15) is 11.5 Å². The molecule has 0 aliphatic rings. The number of hydrogen-bond acceptors (Lipinski definition) is 3. The predicted octanol–water partition coefficient (Wildman–Crippen LogP) is 2.58. The van der Waals surface area contributed by atoms with Crippen molar-refractivity contribution in [3.8, 4) is 0 Å². The first-order valence-electron chi connectivity index (χ1n) is 7.39. The molecule has 0 aliphatic heterocycles. The van der Waals surface area contributed by atoms with Crippen LogP contribution < -0.4 is 5.32 Å². The van der Waals surface area contributed by atoms with E-state index >= 15 is 0 Å². The minimum atomic E-state index is 0.258. The van der Waals surface area contributed by atoms with Crippen molar-refractivity contribution in [1.82, 2.24) is 24.3 Å². The number of fused-ring (bicyclic) bond motifs is 1. The quantitative estimate of drug-likeness (QED) is 0.707. The second kappa shape index (κ2) is 6.10. The van der Waals surface area contributed by atoms with E-state index < -0.39 is 0 Å². The van der Waals surface area contributed by atoms with Gasteiger partial charge < -0.3 is 14.3 Å². The first-order valence-corrected chi connectivity index (χ1v) is 7.39. The average Bonchev–Trinajstić information content (AvgIpc) is 3.09. The summed E-state index contributed by atoms with van der Waals surface area (Å²) in [5.41, 5.74) is 2.08. The van der Waals surface area contributed by atoms with Crippen LogP contribution in [-0.4, -0.2) is 25.5 Å². The molecule has 5 heteroatoms. The summed E-state index contributed by atoms with van der Waals surface area (Å²) in [5, 5.41) is 3.53. The number of rotatable bonds is 6. The molecular weight excluding hydrogens is 262 g/mol. The maximum absolute atomic E-state index is 4.64. The molecule has 0 radical (unpaired) electrons. The number of hydrogen-bond donors (Lipinski definition) is 1. The Kier molecular flexibility index (Phi) is 4.01. The van der Waals surface area contributed by atoms with Gasteiger partial charge in [-0.3, -0.25) is 0 Å². The Bertz CT molecular complexity index is 679. The fourth-order valence-corrected chi connectivity index (χ4v) is 2.48. The third-order valence-electron chi connectivity index (χ3n) is 3.78. The predicted molar refractivity (Wildman–Crippen MR) is 83.2 cm³/mol. The van der Waals surface area contributed by atoms with Gasteiger partial charge in [0, 0.05) is 37.4 Å². The topological polar surface area (TPSA) is 47.2 Å². The zero-order valence-electron chi connectivity index (χ0n) is 12.5. The lowest BCUT2D eigenvalue weighted by atomic mass is 10.2. The molecule has 0 spiro atoms. The molecule has 0 aromatic carbocycles. The largest absolute Gasteiger partial charge is 0.335 e. The van der Waals surface area contributed by atoms with E-state index in [1.165, 1.54) is 0 Å². The van der Waals surface area contributed by atoms with Crippen molar-refractivity contribution in [2.75, 3.05) is 6.54 Å². The Hall–Kier alpha value is -2.14. The van der Waals surface area contributed by atoms with Gasteiger partial charge in [-0.15, -0.1) is 0 Å². The van der Waals surface area contributed by atoms with E-state index in [-0.39, 0.29) is 6.04 Å². The first-order chi connectivity index (χ1) is 10.2. The van der Waals surface area contributed by atoms with Crippen LogP contribution in [0.15, 0.2) is 43.0 Å². The van der Waals surface area contributed by atoms with Crippen LogP contribution in [-0.2, 0) is 6.54 Å². The van der Waals surface area contributed by atoms with E-state index in [2.05, 4.69) is 37.4 Å². The molecule has 0 saturated carbocycles. The van der Waals surface area contributed by atoms with E-state index in [1.54, 1.807) is 0 Å². The Labute approximate surface area is 124 Å². The van der Waals surface area contributed by atoms with Gasteiger partial charge in [-0.05, 0) is 38.9 Å². The summed E-state index contributed by atoms with van der Waals surface area (Å²) in [4.78, 5) is 8.87. The number of nitrogens with zero attached hydrogens (tertiary/aromatic N) is 4. The highest BCUT2D eigenvalue weighted by Crippen LogP contribution is 2.12. The zero-order chi connectivity index (χ0) is 14.7. The van der Waals surface area contributed by atoms with Crippen molar-refractivity contribution in [2.45, 2.75) is 32.9 Å². The third-order valence-corrected chi connectivity index (χ3v) is 3.78. The fourth-order valence-electron chi connectivity index (χ4n) is 2.48. The van der Waals surface area contributed by atoms with Crippen molar-refractivity contribution in [2.24, 2.45) is 0 Å². The van der Waals surface area contributed by atoms with E-state index in [0.29, 0.717) is 0 Å². The Morgan fingerprint density at radius 3 is 2.95 bits per heavy atom. The molecule has 110 valence electrons. The SMILES string of the molecule is Cc1nccn1CCCNC(C)c1cn2ccccc2n1. The van der Waals surface area contributed by atoms with Crippen LogP contribution >= 0.6 is 0 Å². The number of nitrogens with one attached hydrogen (secondary N) is 1. The molecule has 0 aliphatic carbocycles. The molecule has 0 saturated heterocycles. The normalized spacial score (nSPS) is 12.9. The minimum absolute atomic E-state index is 0.258. The monoisotopic (exact) mass is 283 g/mol. The van der Waals surface area contributed by atoms with E-state index in [9.17, 15) is 0 Å². The van der Waals surface area contributed by atoms with Gasteiger partial charge in [-0.1, -0.05) is 6.07 Å². The summed E-state index contributed by atoms with van der Waals surface area (Å²) in [6, 6.07) is 6.31. The lowest BCUT2D eigenvalue weighted by molar-refractivity contribution is 0.517. The average molecular weight is 283 g/mol. The van der Waals surface area contributed by atoms with Crippen molar-refractivity contribution >= 4 is 5.65 Å². The summed E-state index contributed by atoms with van der Waals surface area (Å²) in [7, 11) is 0. The van der Waals surface area contributed by atoms with Crippen LogP contribution in [0.4, 0.5) is 0 Å². The maximum Gasteiger partial charge on any atom is 0.137 e. The number of pyridine rings is 1. The molecule has 1 unspecified atom stereocenters. The number of aryl methyl sites for hydroxylation is 2. The van der Waals surface area contributed by atoms with Crippen LogP contribution in [0.3, 0.4) is 0 Å². The molecule has 0 fully saturated rings. The highest BCUT2D eigenvalue weighted by molar-refractivity contribution is 5.39. The van der Waals surface area contributed by atoms with Crippen molar-refractivity contribution < 1.29 is 0 Å². The standard InChI is InChI=1S/C16H21N5/c1-13(15-12-21-9-4-3-6-16(21)19-15)17-7-5-10-20-11-8-18-14(20)2/h3-4,6,8-9,11-13,17H,5,7,10H2,1-2H3. The molecule has 1 N–H and O–H groups in total. The van der Waals surface area contributed by atoms with E-state index in [1.807, 2.05) is 43.7 Å². The summed E-state index contributed by atoms with van der Waals surface area (Å²) in [6.45, 7) is 6.15. The zero-order valence-corrected chi connectivity index (χ0v) is 12.5. The second-order valence-corrected chi connectivity index (χ2v) is 5.33. The van der Waals surface area contributed by atoms with Gasteiger partial charge in [0.25, 0.3) is 0 Å². The highest BCUT2D eigenvalue weighted by Gasteiger charge is 2.09. The highest BCUT2D eigenvalue weighted by atomic mass is 15.1. The van der Waals surface area contributed by atoms with E-state index in [0.717, 1.165) is 36.7 Å². The minimum Gasteiger partial charge on any atom is -0.335 e. The lowest BCUT2D eigenvalue weighted by Crippen LogP contribution is -2.21. The van der Waals surface area contributed by atoms with Crippen LogP contribution in [0.1, 0.15) is 30.9 Å². The maximum atomic E-state index is 4.64. The lowest BCUT2D eigenvalue weighted by Gasteiger charge is -2.11. The molecule has 3 aromatic rings. The molecular formula is C16H21N5. The molecule has 3 aromatic heterocycles. The Morgan fingerprint density at radius 2 is 2.19 bits per heavy atom. The molecule has 0 amide bonds. The second-order valence-electron chi connectivity index (χ2n) is 5.33. The molecule has 3 heterocycles. The summed E-state index contributed by atoms with van der Waals surface area (Å²) < 4.78 is 4.24. The van der Waals surface area contributed by atoms with Gasteiger partial charge in [-0.25, -0.2) is 9.97 Å². The van der Waals surface area contributed by atoms with Crippen LogP contribution in [0.25, 0.3) is 5.65 Å². The Balaban J connectivity index is 1.52. The molecule has 0 bridgehead atoms.